The first-order valence-electron chi connectivity index (χ1n) is 8.57. The quantitative estimate of drug-likeness (QED) is 0.751. The third kappa shape index (κ3) is 5.46. The molecule has 130 valence electrons. The molecule has 2 unspecified atom stereocenters. The fourth-order valence-corrected chi connectivity index (χ4v) is 3.07. The molecule has 0 spiro atoms. The van der Waals surface area contributed by atoms with Crippen LogP contribution in [-0.4, -0.2) is 78.1 Å². The lowest BCUT2D eigenvalue weighted by Gasteiger charge is -2.39. The molecule has 0 aromatic heterocycles. The second-order valence-corrected chi connectivity index (χ2v) is 6.31. The maximum Gasteiger partial charge on any atom is 0.122 e. The van der Waals surface area contributed by atoms with Crippen molar-refractivity contribution in [3.05, 3.63) is 29.8 Å². The van der Waals surface area contributed by atoms with Crippen LogP contribution in [0.4, 0.5) is 0 Å². The van der Waals surface area contributed by atoms with Crippen molar-refractivity contribution in [3.8, 4) is 5.75 Å². The van der Waals surface area contributed by atoms with Crippen LogP contribution < -0.4 is 4.74 Å². The fourth-order valence-electron chi connectivity index (χ4n) is 3.07. The number of piperazine rings is 1. The van der Waals surface area contributed by atoms with Gasteiger partial charge in [0.1, 0.15) is 18.5 Å². The Morgan fingerprint density at radius 2 is 1.87 bits per heavy atom. The highest BCUT2D eigenvalue weighted by Gasteiger charge is 2.23. The van der Waals surface area contributed by atoms with Crippen LogP contribution in [0.3, 0.4) is 0 Å². The van der Waals surface area contributed by atoms with Crippen LogP contribution in [0.2, 0.25) is 0 Å². The van der Waals surface area contributed by atoms with Crippen LogP contribution in [0.5, 0.6) is 5.75 Å². The first-order chi connectivity index (χ1) is 11.1. The molecule has 1 aliphatic heterocycles. The molecule has 2 rings (SSSR count). The number of hydrogen-bond acceptors (Lipinski definition) is 5. The van der Waals surface area contributed by atoms with E-state index >= 15 is 0 Å². The van der Waals surface area contributed by atoms with E-state index in [0.29, 0.717) is 13.2 Å². The Hall–Kier alpha value is -1.14. The molecule has 1 aliphatic rings. The molecule has 0 saturated carbocycles. The number of hydrogen-bond donors (Lipinski definition) is 2. The molecule has 1 aromatic rings. The first-order valence-corrected chi connectivity index (χ1v) is 8.57. The number of ether oxygens (including phenoxy) is 1. The van der Waals surface area contributed by atoms with Gasteiger partial charge in [0.05, 0.1) is 6.61 Å². The predicted molar refractivity (Wildman–Crippen MR) is 91.9 cm³/mol. The largest absolute Gasteiger partial charge is 0.491 e. The number of benzene rings is 1. The van der Waals surface area contributed by atoms with Crippen LogP contribution >= 0.6 is 0 Å². The van der Waals surface area contributed by atoms with Gasteiger partial charge in [0.15, 0.2) is 0 Å². The van der Waals surface area contributed by atoms with Crippen LogP contribution in [0, 0.1) is 6.92 Å². The smallest absolute Gasteiger partial charge is 0.122 e. The third-order valence-electron chi connectivity index (χ3n) is 4.60. The van der Waals surface area contributed by atoms with Gasteiger partial charge >= 0.3 is 0 Å². The highest BCUT2D eigenvalue weighted by Crippen LogP contribution is 2.16. The van der Waals surface area contributed by atoms with E-state index < -0.39 is 6.10 Å². The lowest BCUT2D eigenvalue weighted by molar-refractivity contribution is 0.0261. The maximum atomic E-state index is 10.2. The molecular weight excluding hydrogens is 292 g/mol. The minimum Gasteiger partial charge on any atom is -0.491 e. The Bertz CT molecular complexity index is 457. The van der Waals surface area contributed by atoms with Gasteiger partial charge in [0, 0.05) is 38.8 Å². The topological polar surface area (TPSA) is 56.2 Å². The van der Waals surface area contributed by atoms with Crippen LogP contribution in [-0.2, 0) is 0 Å². The van der Waals surface area contributed by atoms with E-state index in [1.807, 2.05) is 31.2 Å². The molecule has 5 nitrogen and oxygen atoms in total. The maximum absolute atomic E-state index is 10.2. The van der Waals surface area contributed by atoms with E-state index in [-0.39, 0.29) is 12.6 Å². The molecular formula is C18H30N2O3. The van der Waals surface area contributed by atoms with E-state index in [4.69, 9.17) is 4.74 Å². The molecule has 1 aromatic carbocycles. The average Bonchev–Trinajstić information content (AvgIpc) is 2.57. The normalized spacial score (nSPS) is 19.5. The standard InChI is InChI=1S/C18H30N2O3/c1-3-16(13-21)20-10-8-19(9-11-20)12-17(22)14-23-18-7-5-4-6-15(18)2/h4-7,16-17,21-22H,3,8-14H2,1-2H3. The van der Waals surface area contributed by atoms with Gasteiger partial charge in [-0.25, -0.2) is 0 Å². The highest BCUT2D eigenvalue weighted by atomic mass is 16.5. The SMILES string of the molecule is CCC(CO)N1CCN(CC(O)COc2ccccc2C)CC1. The number of para-hydroxylation sites is 1. The molecule has 5 heteroatoms. The average molecular weight is 322 g/mol. The molecule has 0 amide bonds. The molecule has 1 saturated heterocycles. The molecule has 0 radical (unpaired) electrons. The third-order valence-corrected chi connectivity index (χ3v) is 4.60. The van der Waals surface area contributed by atoms with Gasteiger partial charge in [0.2, 0.25) is 0 Å². The summed E-state index contributed by atoms with van der Waals surface area (Å²) in [6.45, 7) is 9.05. The fraction of sp³-hybridized carbons (Fsp3) is 0.667. The monoisotopic (exact) mass is 322 g/mol. The number of aliphatic hydroxyl groups is 2. The van der Waals surface area contributed by atoms with Gasteiger partial charge in [-0.05, 0) is 25.0 Å². The van der Waals surface area contributed by atoms with Crippen LogP contribution in [0.25, 0.3) is 0 Å². The number of aryl methyl sites for hydroxylation is 1. The van der Waals surface area contributed by atoms with E-state index in [0.717, 1.165) is 43.9 Å². The molecule has 23 heavy (non-hydrogen) atoms. The zero-order valence-electron chi connectivity index (χ0n) is 14.3. The first kappa shape index (κ1) is 18.2. The second-order valence-electron chi connectivity index (χ2n) is 6.31. The van der Waals surface area contributed by atoms with Crippen molar-refractivity contribution < 1.29 is 14.9 Å². The van der Waals surface area contributed by atoms with E-state index in [2.05, 4.69) is 16.7 Å². The molecule has 1 heterocycles. The summed E-state index contributed by atoms with van der Waals surface area (Å²) in [6, 6.07) is 8.13. The van der Waals surface area contributed by atoms with Crippen molar-refractivity contribution in [2.24, 2.45) is 0 Å². The van der Waals surface area contributed by atoms with Gasteiger partial charge in [-0.15, -0.1) is 0 Å². The van der Waals surface area contributed by atoms with Crippen molar-refractivity contribution >= 4 is 0 Å². The summed E-state index contributed by atoms with van der Waals surface area (Å²) in [7, 11) is 0. The Kier molecular flexibility index (Phi) is 7.30. The van der Waals surface area contributed by atoms with Gasteiger partial charge < -0.3 is 14.9 Å². The van der Waals surface area contributed by atoms with Gasteiger partial charge in [0.25, 0.3) is 0 Å². The molecule has 0 aliphatic carbocycles. The Labute approximate surface area is 139 Å². The summed E-state index contributed by atoms with van der Waals surface area (Å²) in [5.74, 6) is 0.838. The summed E-state index contributed by atoms with van der Waals surface area (Å²) >= 11 is 0. The number of aliphatic hydroxyl groups excluding tert-OH is 2. The Balaban J connectivity index is 1.70. The van der Waals surface area contributed by atoms with Crippen LogP contribution in [0.15, 0.2) is 24.3 Å². The summed E-state index contributed by atoms with van der Waals surface area (Å²) < 4.78 is 5.71. The highest BCUT2D eigenvalue weighted by molar-refractivity contribution is 5.31. The summed E-state index contributed by atoms with van der Waals surface area (Å²) in [4.78, 5) is 4.61. The second kappa shape index (κ2) is 9.23. The van der Waals surface area contributed by atoms with Crippen molar-refractivity contribution in [2.75, 3.05) is 45.9 Å². The zero-order chi connectivity index (χ0) is 16.7. The van der Waals surface area contributed by atoms with Crippen molar-refractivity contribution in [3.63, 3.8) is 0 Å². The van der Waals surface area contributed by atoms with E-state index in [1.54, 1.807) is 0 Å². The summed E-state index contributed by atoms with van der Waals surface area (Å²) in [5, 5.41) is 19.6. The number of rotatable bonds is 8. The van der Waals surface area contributed by atoms with Crippen LogP contribution in [0.1, 0.15) is 18.9 Å². The Morgan fingerprint density at radius 1 is 1.17 bits per heavy atom. The molecule has 1 fully saturated rings. The molecule has 0 bridgehead atoms. The van der Waals surface area contributed by atoms with Gasteiger partial charge in [-0.3, -0.25) is 9.80 Å². The zero-order valence-corrected chi connectivity index (χ0v) is 14.3. The Morgan fingerprint density at radius 3 is 2.48 bits per heavy atom. The predicted octanol–water partition coefficient (Wildman–Crippen LogP) is 1.12. The minimum atomic E-state index is -0.485. The van der Waals surface area contributed by atoms with Gasteiger partial charge in [-0.2, -0.15) is 0 Å². The molecule has 2 atom stereocenters. The summed E-state index contributed by atoms with van der Waals surface area (Å²) in [6.07, 6.45) is 0.490. The van der Waals surface area contributed by atoms with E-state index in [1.165, 1.54) is 0 Å². The van der Waals surface area contributed by atoms with Crippen molar-refractivity contribution in [1.29, 1.82) is 0 Å². The lowest BCUT2D eigenvalue weighted by atomic mass is 10.1. The van der Waals surface area contributed by atoms with Crippen molar-refractivity contribution in [1.82, 2.24) is 9.80 Å². The van der Waals surface area contributed by atoms with E-state index in [9.17, 15) is 10.2 Å². The van der Waals surface area contributed by atoms with Gasteiger partial charge in [-0.1, -0.05) is 25.1 Å². The minimum absolute atomic E-state index is 0.226. The molecule has 2 N–H and O–H groups in total. The van der Waals surface area contributed by atoms with Crippen molar-refractivity contribution in [2.45, 2.75) is 32.4 Å². The number of nitrogens with zero attached hydrogens (tertiary/aromatic N) is 2. The lowest BCUT2D eigenvalue weighted by Crippen LogP contribution is -2.52. The summed E-state index contributed by atoms with van der Waals surface area (Å²) in [5.41, 5.74) is 1.09. The number of β-amino-alcohol motifs (C(OH)–C–C–N with tert-alkyl or cyclic N) is 1.